The zero-order chi connectivity index (χ0) is 18.8. The number of carbonyl (C=O) groups excluding carboxylic acids is 3. The fourth-order valence-electron chi connectivity index (χ4n) is 1.85. The van der Waals surface area contributed by atoms with Crippen LogP contribution in [-0.2, 0) is 14.3 Å². The maximum Gasteiger partial charge on any atom is 0.306 e. The first-order chi connectivity index (χ1) is 11.9. The van der Waals surface area contributed by atoms with Crippen LogP contribution in [0.25, 0.3) is 0 Å². The third-order valence-electron chi connectivity index (χ3n) is 2.96. The van der Waals surface area contributed by atoms with Crippen LogP contribution in [0.1, 0.15) is 37.0 Å². The van der Waals surface area contributed by atoms with Crippen molar-refractivity contribution in [1.29, 1.82) is 0 Å². The largest absolute Gasteiger partial charge is 0.493 e. The van der Waals surface area contributed by atoms with Crippen molar-refractivity contribution in [3.8, 4) is 11.5 Å². The lowest BCUT2D eigenvalue weighted by Gasteiger charge is -2.13. The Balaban J connectivity index is 2.64. The second kappa shape index (κ2) is 10.5. The normalized spacial score (nSPS) is 9.92. The molecule has 0 aliphatic carbocycles. The molecule has 0 saturated carbocycles. The molecule has 0 unspecified atom stereocenters. The molecule has 0 saturated heterocycles. The molecule has 1 rings (SSSR count). The number of nitrogens with one attached hydrogen (secondary N) is 2. The van der Waals surface area contributed by atoms with E-state index < -0.39 is 17.8 Å². The highest BCUT2D eigenvalue weighted by molar-refractivity contribution is 9.10. The first-order valence-electron chi connectivity index (χ1n) is 7.68. The number of hydrogen-bond acceptors (Lipinski definition) is 6. The van der Waals surface area contributed by atoms with Gasteiger partial charge in [0.25, 0.3) is 5.91 Å². The molecule has 0 bridgehead atoms. The smallest absolute Gasteiger partial charge is 0.306 e. The fourth-order valence-corrected chi connectivity index (χ4v) is 2.40. The van der Waals surface area contributed by atoms with Gasteiger partial charge >= 0.3 is 5.97 Å². The molecule has 8 nitrogen and oxygen atoms in total. The number of methoxy groups -OCH3 is 1. The summed E-state index contributed by atoms with van der Waals surface area (Å²) in [4.78, 5) is 35.0. The van der Waals surface area contributed by atoms with E-state index in [1.807, 2.05) is 6.92 Å². The lowest BCUT2D eigenvalue weighted by Crippen LogP contribution is -2.41. The monoisotopic (exact) mass is 416 g/mol. The Hall–Kier alpha value is -2.29. The van der Waals surface area contributed by atoms with Crippen molar-refractivity contribution in [2.45, 2.75) is 26.7 Å². The molecule has 0 atom stereocenters. The molecule has 0 aliphatic heterocycles. The molecule has 0 spiro atoms. The molecule has 9 heteroatoms. The molecule has 1 aromatic rings. The van der Waals surface area contributed by atoms with Crippen molar-refractivity contribution in [2.24, 2.45) is 0 Å². The number of hydrazine groups is 1. The van der Waals surface area contributed by atoms with E-state index in [0.29, 0.717) is 22.6 Å². The Morgan fingerprint density at radius 1 is 1.08 bits per heavy atom. The number of carbonyl (C=O) groups is 3. The predicted octanol–water partition coefficient (Wildman–Crippen LogP) is 1.96. The van der Waals surface area contributed by atoms with Crippen LogP contribution in [0, 0.1) is 0 Å². The van der Waals surface area contributed by atoms with Gasteiger partial charge in [-0.05, 0) is 41.9 Å². The first-order valence-corrected chi connectivity index (χ1v) is 8.47. The maximum atomic E-state index is 12.1. The van der Waals surface area contributed by atoms with Crippen molar-refractivity contribution in [2.75, 3.05) is 20.3 Å². The van der Waals surface area contributed by atoms with E-state index in [2.05, 4.69) is 26.8 Å². The number of halogens is 1. The van der Waals surface area contributed by atoms with Gasteiger partial charge in [-0.1, -0.05) is 0 Å². The van der Waals surface area contributed by atoms with Gasteiger partial charge < -0.3 is 14.2 Å². The molecule has 0 aromatic heterocycles. The van der Waals surface area contributed by atoms with Crippen LogP contribution in [0.5, 0.6) is 11.5 Å². The summed E-state index contributed by atoms with van der Waals surface area (Å²) in [6, 6.07) is 3.05. The quantitative estimate of drug-likeness (QED) is 0.495. The van der Waals surface area contributed by atoms with Crippen LogP contribution in [0.4, 0.5) is 0 Å². The SMILES string of the molecule is CCOC(=O)CCC(=O)NNC(=O)c1cc(Br)c(OCC)c(OC)c1. The average Bonchev–Trinajstić information content (AvgIpc) is 2.59. The number of rotatable bonds is 8. The van der Waals surface area contributed by atoms with Crippen LogP contribution in [0.3, 0.4) is 0 Å². The molecule has 138 valence electrons. The van der Waals surface area contributed by atoms with Crippen molar-refractivity contribution in [3.05, 3.63) is 22.2 Å². The Morgan fingerprint density at radius 3 is 2.40 bits per heavy atom. The number of esters is 1. The summed E-state index contributed by atoms with van der Waals surface area (Å²) in [6.07, 6.45) is -0.145. The molecular weight excluding hydrogens is 396 g/mol. The summed E-state index contributed by atoms with van der Waals surface area (Å²) in [5.41, 5.74) is 4.78. The highest BCUT2D eigenvalue weighted by Crippen LogP contribution is 2.36. The Morgan fingerprint density at radius 2 is 1.80 bits per heavy atom. The van der Waals surface area contributed by atoms with E-state index in [-0.39, 0.29) is 25.0 Å². The average molecular weight is 417 g/mol. The highest BCUT2D eigenvalue weighted by Gasteiger charge is 2.16. The van der Waals surface area contributed by atoms with E-state index in [4.69, 9.17) is 14.2 Å². The predicted molar refractivity (Wildman–Crippen MR) is 93.3 cm³/mol. The summed E-state index contributed by atoms with van der Waals surface area (Å²) in [6.45, 7) is 4.21. The van der Waals surface area contributed by atoms with Crippen molar-refractivity contribution >= 4 is 33.7 Å². The van der Waals surface area contributed by atoms with Gasteiger partial charge in [0.05, 0.1) is 31.2 Å². The maximum absolute atomic E-state index is 12.1. The summed E-state index contributed by atoms with van der Waals surface area (Å²) < 4.78 is 15.9. The second-order valence-corrected chi connectivity index (χ2v) is 5.58. The summed E-state index contributed by atoms with van der Waals surface area (Å²) in [7, 11) is 1.46. The number of benzene rings is 1. The van der Waals surface area contributed by atoms with Gasteiger partial charge in [-0.25, -0.2) is 0 Å². The van der Waals surface area contributed by atoms with Crippen LogP contribution in [-0.4, -0.2) is 38.1 Å². The molecule has 2 N–H and O–H groups in total. The molecular formula is C16H21BrN2O6. The van der Waals surface area contributed by atoms with Gasteiger partial charge in [-0.15, -0.1) is 0 Å². The van der Waals surface area contributed by atoms with E-state index in [0.717, 1.165) is 0 Å². The van der Waals surface area contributed by atoms with Gasteiger partial charge in [-0.2, -0.15) is 0 Å². The van der Waals surface area contributed by atoms with E-state index in [1.54, 1.807) is 13.0 Å². The van der Waals surface area contributed by atoms with Crippen molar-refractivity contribution in [1.82, 2.24) is 10.9 Å². The molecule has 2 amide bonds. The molecule has 25 heavy (non-hydrogen) atoms. The standard InChI is InChI=1S/C16H21BrN2O6/c1-4-24-14(21)7-6-13(20)18-19-16(22)10-8-11(17)15(25-5-2)12(9-10)23-3/h8-9H,4-7H2,1-3H3,(H,18,20)(H,19,22). The van der Waals surface area contributed by atoms with Gasteiger partial charge in [0.15, 0.2) is 11.5 Å². The van der Waals surface area contributed by atoms with Crippen LogP contribution in [0.15, 0.2) is 16.6 Å². The van der Waals surface area contributed by atoms with Gasteiger partial charge in [-0.3, -0.25) is 25.2 Å². The number of ether oxygens (including phenoxy) is 3. The van der Waals surface area contributed by atoms with E-state index in [1.165, 1.54) is 13.2 Å². The van der Waals surface area contributed by atoms with Crippen LogP contribution >= 0.6 is 15.9 Å². The number of amides is 2. The molecule has 0 fully saturated rings. The minimum Gasteiger partial charge on any atom is -0.493 e. The van der Waals surface area contributed by atoms with Crippen molar-refractivity contribution < 1.29 is 28.6 Å². The molecule has 0 aliphatic rings. The second-order valence-electron chi connectivity index (χ2n) is 4.73. The van der Waals surface area contributed by atoms with E-state index >= 15 is 0 Å². The van der Waals surface area contributed by atoms with Gasteiger partial charge in [0, 0.05) is 12.0 Å². The van der Waals surface area contributed by atoms with Crippen LogP contribution in [0.2, 0.25) is 0 Å². The Labute approximate surface area is 154 Å². The summed E-state index contributed by atoms with van der Waals surface area (Å²) in [5, 5.41) is 0. The minimum atomic E-state index is -0.536. The molecule has 0 heterocycles. The lowest BCUT2D eigenvalue weighted by molar-refractivity contribution is -0.144. The van der Waals surface area contributed by atoms with E-state index in [9.17, 15) is 14.4 Å². The van der Waals surface area contributed by atoms with Gasteiger partial charge in [0.1, 0.15) is 0 Å². The minimum absolute atomic E-state index is 0.0576. The fraction of sp³-hybridized carbons (Fsp3) is 0.438. The van der Waals surface area contributed by atoms with Crippen molar-refractivity contribution in [3.63, 3.8) is 0 Å². The summed E-state index contributed by atoms with van der Waals surface area (Å²) in [5.74, 6) is -0.635. The summed E-state index contributed by atoms with van der Waals surface area (Å²) >= 11 is 3.32. The molecule has 0 radical (unpaired) electrons. The van der Waals surface area contributed by atoms with Gasteiger partial charge in [0.2, 0.25) is 5.91 Å². The zero-order valence-electron chi connectivity index (χ0n) is 14.3. The Kier molecular flexibility index (Phi) is 8.76. The molecule has 1 aromatic carbocycles. The number of hydrogen-bond donors (Lipinski definition) is 2. The Bertz CT molecular complexity index is 635. The topological polar surface area (TPSA) is 103 Å². The third-order valence-corrected chi connectivity index (χ3v) is 3.55. The lowest BCUT2D eigenvalue weighted by atomic mass is 10.2. The third kappa shape index (κ3) is 6.61. The highest BCUT2D eigenvalue weighted by atomic mass is 79.9. The zero-order valence-corrected chi connectivity index (χ0v) is 15.9. The van der Waals surface area contributed by atoms with Crippen LogP contribution < -0.4 is 20.3 Å². The first kappa shape index (κ1) is 20.8.